The number of imidazole rings is 1. The third-order valence-electron chi connectivity index (χ3n) is 4.79. The van der Waals surface area contributed by atoms with Crippen LogP contribution in [0.15, 0.2) is 42.5 Å². The van der Waals surface area contributed by atoms with Crippen molar-refractivity contribution in [3.05, 3.63) is 64.5 Å². The summed E-state index contributed by atoms with van der Waals surface area (Å²) in [6.45, 7) is 5.24. The molecule has 138 valence electrons. The molecule has 0 spiro atoms. The lowest BCUT2D eigenvalue weighted by Gasteiger charge is -2.08. The van der Waals surface area contributed by atoms with Crippen molar-refractivity contribution in [1.82, 2.24) is 14.9 Å². The maximum Gasteiger partial charge on any atom is 0.261 e. The Kier molecular flexibility index (Phi) is 4.66. The quantitative estimate of drug-likeness (QED) is 0.504. The molecule has 0 aliphatic rings. The molecule has 4 rings (SSSR count). The molecule has 0 aliphatic carbocycles. The van der Waals surface area contributed by atoms with Crippen LogP contribution in [0.5, 0.6) is 0 Å². The Hall–Kier alpha value is -2.73. The van der Waals surface area contributed by atoms with Gasteiger partial charge in [-0.3, -0.25) is 4.79 Å². The summed E-state index contributed by atoms with van der Waals surface area (Å²) in [7, 11) is 0. The molecule has 4 aromatic rings. The van der Waals surface area contributed by atoms with Crippen molar-refractivity contribution in [3.8, 4) is 0 Å². The van der Waals surface area contributed by atoms with E-state index in [-0.39, 0.29) is 11.7 Å². The minimum absolute atomic E-state index is 0.0960. The van der Waals surface area contributed by atoms with Crippen LogP contribution in [-0.2, 0) is 6.54 Å². The van der Waals surface area contributed by atoms with E-state index >= 15 is 0 Å². The molecule has 2 aromatic heterocycles. The number of carbonyl (C=O) groups is 1. The van der Waals surface area contributed by atoms with Crippen LogP contribution in [0.3, 0.4) is 0 Å². The summed E-state index contributed by atoms with van der Waals surface area (Å²) in [6.07, 6.45) is 0.811. The topological polar surface area (TPSA) is 46.9 Å². The van der Waals surface area contributed by atoms with Crippen molar-refractivity contribution in [3.63, 3.8) is 0 Å². The Morgan fingerprint density at radius 3 is 2.89 bits per heavy atom. The van der Waals surface area contributed by atoms with E-state index in [0.29, 0.717) is 11.4 Å². The number of benzene rings is 2. The molecule has 0 saturated heterocycles. The third kappa shape index (κ3) is 3.32. The average molecular weight is 381 g/mol. The van der Waals surface area contributed by atoms with Crippen molar-refractivity contribution in [2.24, 2.45) is 0 Å². The molecule has 1 amide bonds. The Balaban J connectivity index is 1.41. The Morgan fingerprint density at radius 2 is 2.04 bits per heavy atom. The molecule has 1 N–H and O–H groups in total. The fourth-order valence-electron chi connectivity index (χ4n) is 3.41. The van der Waals surface area contributed by atoms with E-state index in [1.807, 2.05) is 32.0 Å². The Morgan fingerprint density at radius 1 is 1.22 bits per heavy atom. The lowest BCUT2D eigenvalue weighted by Crippen LogP contribution is -2.25. The van der Waals surface area contributed by atoms with Crippen molar-refractivity contribution in [2.45, 2.75) is 26.8 Å². The molecule has 0 aliphatic heterocycles. The molecule has 6 heteroatoms. The molecule has 0 fully saturated rings. The van der Waals surface area contributed by atoms with Gasteiger partial charge in [0.2, 0.25) is 0 Å². The molecule has 4 nitrogen and oxygen atoms in total. The van der Waals surface area contributed by atoms with Crippen LogP contribution < -0.4 is 5.32 Å². The highest BCUT2D eigenvalue weighted by Crippen LogP contribution is 2.31. The standard InChI is InChI=1S/C21H20FN3OS/c1-13-16-12-15(22)8-9-19(16)27-20(13)21(26)23-10-5-11-25-14(2)24-17-6-3-4-7-18(17)25/h3-4,6-9,12H,5,10-11H2,1-2H3,(H,23,26). The number of hydrogen-bond acceptors (Lipinski definition) is 3. The molecule has 2 aromatic carbocycles. The van der Waals surface area contributed by atoms with E-state index in [4.69, 9.17) is 0 Å². The van der Waals surface area contributed by atoms with Gasteiger partial charge in [-0.15, -0.1) is 11.3 Å². The van der Waals surface area contributed by atoms with E-state index in [9.17, 15) is 9.18 Å². The first-order valence-electron chi connectivity index (χ1n) is 8.93. The zero-order chi connectivity index (χ0) is 19.0. The van der Waals surface area contributed by atoms with Crippen molar-refractivity contribution < 1.29 is 9.18 Å². The number of rotatable bonds is 5. The number of para-hydroxylation sites is 2. The second kappa shape index (κ2) is 7.12. The zero-order valence-corrected chi connectivity index (χ0v) is 16.1. The summed E-state index contributed by atoms with van der Waals surface area (Å²) in [5.74, 6) is 0.601. The molecule has 0 atom stereocenters. The molecule has 0 radical (unpaired) electrons. The normalized spacial score (nSPS) is 11.4. The highest BCUT2D eigenvalue weighted by Gasteiger charge is 2.15. The molecule has 0 unspecified atom stereocenters. The van der Waals surface area contributed by atoms with Gasteiger partial charge < -0.3 is 9.88 Å². The van der Waals surface area contributed by atoms with Crippen LogP contribution >= 0.6 is 11.3 Å². The number of fused-ring (bicyclic) bond motifs is 2. The summed E-state index contributed by atoms with van der Waals surface area (Å²) < 4.78 is 16.6. The molecule has 2 heterocycles. The van der Waals surface area contributed by atoms with Gasteiger partial charge in [-0.25, -0.2) is 9.37 Å². The van der Waals surface area contributed by atoms with Gasteiger partial charge in [0.25, 0.3) is 5.91 Å². The number of hydrogen-bond donors (Lipinski definition) is 1. The second-order valence-corrected chi connectivity index (χ2v) is 7.66. The number of carbonyl (C=O) groups excluding carboxylic acids is 1. The van der Waals surface area contributed by atoms with Crippen molar-refractivity contribution in [2.75, 3.05) is 6.54 Å². The fourth-order valence-corrected chi connectivity index (χ4v) is 4.51. The van der Waals surface area contributed by atoms with Gasteiger partial charge >= 0.3 is 0 Å². The van der Waals surface area contributed by atoms with Gasteiger partial charge in [0.05, 0.1) is 15.9 Å². The van der Waals surface area contributed by atoms with Gasteiger partial charge in [0, 0.05) is 17.8 Å². The van der Waals surface area contributed by atoms with Gasteiger partial charge in [-0.1, -0.05) is 12.1 Å². The third-order valence-corrected chi connectivity index (χ3v) is 6.07. The van der Waals surface area contributed by atoms with E-state index in [0.717, 1.165) is 45.5 Å². The monoisotopic (exact) mass is 381 g/mol. The van der Waals surface area contributed by atoms with Crippen LogP contribution in [0, 0.1) is 19.7 Å². The molecule has 0 saturated carbocycles. The van der Waals surface area contributed by atoms with Gasteiger partial charge in [-0.05, 0) is 61.5 Å². The zero-order valence-electron chi connectivity index (χ0n) is 15.3. The van der Waals surface area contributed by atoms with Gasteiger partial charge in [-0.2, -0.15) is 0 Å². The number of thiophene rings is 1. The van der Waals surface area contributed by atoms with Crippen LogP contribution in [0.2, 0.25) is 0 Å². The van der Waals surface area contributed by atoms with Gasteiger partial charge in [0.15, 0.2) is 0 Å². The van der Waals surface area contributed by atoms with Crippen molar-refractivity contribution in [1.29, 1.82) is 0 Å². The number of aryl methyl sites for hydroxylation is 3. The lowest BCUT2D eigenvalue weighted by molar-refractivity contribution is 0.0956. The average Bonchev–Trinajstić information content (AvgIpc) is 3.15. The highest BCUT2D eigenvalue weighted by atomic mass is 32.1. The summed E-state index contributed by atoms with van der Waals surface area (Å²) in [5.41, 5.74) is 2.94. The van der Waals surface area contributed by atoms with Crippen LogP contribution in [0.25, 0.3) is 21.1 Å². The van der Waals surface area contributed by atoms with Gasteiger partial charge in [0.1, 0.15) is 11.6 Å². The van der Waals surface area contributed by atoms with Crippen molar-refractivity contribution >= 4 is 38.4 Å². The highest BCUT2D eigenvalue weighted by molar-refractivity contribution is 7.21. The first-order chi connectivity index (χ1) is 13.0. The summed E-state index contributed by atoms with van der Waals surface area (Å²) in [6, 6.07) is 12.7. The fraction of sp³-hybridized carbons (Fsp3) is 0.238. The number of nitrogens with one attached hydrogen (secondary N) is 1. The van der Waals surface area contributed by atoms with E-state index in [2.05, 4.69) is 20.9 Å². The number of halogens is 1. The minimum Gasteiger partial charge on any atom is -0.351 e. The largest absolute Gasteiger partial charge is 0.351 e. The first-order valence-corrected chi connectivity index (χ1v) is 9.75. The molecule has 0 bridgehead atoms. The number of amides is 1. The summed E-state index contributed by atoms with van der Waals surface area (Å²) >= 11 is 1.41. The number of nitrogens with zero attached hydrogens (tertiary/aromatic N) is 2. The lowest BCUT2D eigenvalue weighted by atomic mass is 10.1. The molecular weight excluding hydrogens is 361 g/mol. The Labute approximate surface area is 160 Å². The summed E-state index contributed by atoms with van der Waals surface area (Å²) in [4.78, 5) is 17.8. The van der Waals surface area contributed by atoms with E-state index in [1.165, 1.54) is 23.5 Å². The van der Waals surface area contributed by atoms with Crippen LogP contribution in [0.1, 0.15) is 27.5 Å². The van der Waals surface area contributed by atoms with Crippen LogP contribution in [-0.4, -0.2) is 22.0 Å². The minimum atomic E-state index is -0.279. The SMILES string of the molecule is Cc1c(C(=O)NCCCn2c(C)nc3ccccc32)sc2ccc(F)cc12. The smallest absolute Gasteiger partial charge is 0.261 e. The summed E-state index contributed by atoms with van der Waals surface area (Å²) in [5, 5.41) is 3.80. The number of aromatic nitrogens is 2. The van der Waals surface area contributed by atoms with E-state index < -0.39 is 0 Å². The maximum atomic E-state index is 13.5. The maximum absolute atomic E-state index is 13.5. The first kappa shape index (κ1) is 17.7. The predicted octanol–water partition coefficient (Wildman–Crippen LogP) is 4.83. The second-order valence-electron chi connectivity index (χ2n) is 6.61. The molecule has 27 heavy (non-hydrogen) atoms. The predicted molar refractivity (Wildman–Crippen MR) is 108 cm³/mol. The van der Waals surface area contributed by atoms with Crippen LogP contribution in [0.4, 0.5) is 4.39 Å². The van der Waals surface area contributed by atoms with E-state index in [1.54, 1.807) is 6.07 Å². The Bertz CT molecular complexity index is 1150. The molecular formula is C21H20FN3OS.